The summed E-state index contributed by atoms with van der Waals surface area (Å²) < 4.78 is 0. The van der Waals surface area contributed by atoms with Gasteiger partial charge in [-0.25, -0.2) is 0 Å². The minimum absolute atomic E-state index is 0.0633. The van der Waals surface area contributed by atoms with Gasteiger partial charge in [0.2, 0.25) is 5.91 Å². The fourth-order valence-electron chi connectivity index (χ4n) is 3.38. The van der Waals surface area contributed by atoms with E-state index in [9.17, 15) is 9.59 Å². The Balaban J connectivity index is 1.69. The number of nitrogens with zero attached hydrogens (tertiary/aromatic N) is 1. The summed E-state index contributed by atoms with van der Waals surface area (Å²) in [6, 6.07) is 15.1. The zero-order chi connectivity index (χ0) is 18.5. The van der Waals surface area contributed by atoms with Crippen molar-refractivity contribution < 1.29 is 9.59 Å². The summed E-state index contributed by atoms with van der Waals surface area (Å²) >= 11 is 0. The highest BCUT2D eigenvalue weighted by Gasteiger charge is 2.34. The van der Waals surface area contributed by atoms with Gasteiger partial charge in [-0.15, -0.1) is 0 Å². The Labute approximate surface area is 155 Å². The number of anilines is 1. The third kappa shape index (κ3) is 3.96. The van der Waals surface area contributed by atoms with Crippen LogP contribution in [0.1, 0.15) is 48.2 Å². The SMILES string of the molecule is CCc1ccc(NC(=O)[C@@H]2CCCN2C(=O)c2ccc(CC)cc2)cc1. The van der Waals surface area contributed by atoms with Crippen LogP contribution in [0.25, 0.3) is 0 Å². The second kappa shape index (κ2) is 8.17. The third-order valence-electron chi connectivity index (χ3n) is 5.06. The first-order chi connectivity index (χ1) is 12.6. The minimum Gasteiger partial charge on any atom is -0.327 e. The number of hydrogen-bond acceptors (Lipinski definition) is 2. The molecule has 0 spiro atoms. The molecule has 0 unspecified atom stereocenters. The van der Waals surface area contributed by atoms with Crippen molar-refractivity contribution >= 4 is 17.5 Å². The first-order valence-corrected chi connectivity index (χ1v) is 9.42. The first kappa shape index (κ1) is 18.2. The Hall–Kier alpha value is -2.62. The van der Waals surface area contributed by atoms with Gasteiger partial charge in [-0.2, -0.15) is 0 Å². The number of likely N-dealkylation sites (tertiary alicyclic amines) is 1. The fourth-order valence-corrected chi connectivity index (χ4v) is 3.38. The summed E-state index contributed by atoms with van der Waals surface area (Å²) in [5.41, 5.74) is 3.86. The maximum Gasteiger partial charge on any atom is 0.254 e. The number of aryl methyl sites for hydroxylation is 2. The molecule has 2 amide bonds. The van der Waals surface area contributed by atoms with Crippen LogP contribution in [0.3, 0.4) is 0 Å². The van der Waals surface area contributed by atoms with Crippen molar-refractivity contribution in [1.82, 2.24) is 4.90 Å². The van der Waals surface area contributed by atoms with Crippen LogP contribution in [0.4, 0.5) is 5.69 Å². The standard InChI is InChI=1S/C22H26N2O2/c1-3-16-7-11-18(12-8-16)22(26)24-15-5-6-20(24)21(25)23-19-13-9-17(4-2)10-14-19/h7-14,20H,3-6,15H2,1-2H3,(H,23,25)/t20-/m0/s1. The number of rotatable bonds is 5. The number of hydrogen-bond donors (Lipinski definition) is 1. The van der Waals surface area contributed by atoms with Crippen molar-refractivity contribution in [2.45, 2.75) is 45.6 Å². The molecule has 1 saturated heterocycles. The van der Waals surface area contributed by atoms with Crippen LogP contribution in [0, 0.1) is 0 Å². The van der Waals surface area contributed by atoms with E-state index in [-0.39, 0.29) is 11.8 Å². The smallest absolute Gasteiger partial charge is 0.254 e. The lowest BCUT2D eigenvalue weighted by Crippen LogP contribution is -2.43. The van der Waals surface area contributed by atoms with Crippen LogP contribution in [-0.4, -0.2) is 29.3 Å². The molecule has 0 bridgehead atoms. The van der Waals surface area contributed by atoms with E-state index in [1.807, 2.05) is 48.5 Å². The largest absolute Gasteiger partial charge is 0.327 e. The Kier molecular flexibility index (Phi) is 5.71. The van der Waals surface area contributed by atoms with E-state index >= 15 is 0 Å². The maximum absolute atomic E-state index is 12.8. The van der Waals surface area contributed by atoms with E-state index in [0.29, 0.717) is 18.5 Å². The molecule has 0 radical (unpaired) electrons. The quantitative estimate of drug-likeness (QED) is 0.884. The van der Waals surface area contributed by atoms with Gasteiger partial charge in [-0.1, -0.05) is 38.1 Å². The van der Waals surface area contributed by atoms with E-state index < -0.39 is 6.04 Å². The van der Waals surface area contributed by atoms with Gasteiger partial charge >= 0.3 is 0 Å². The van der Waals surface area contributed by atoms with E-state index in [0.717, 1.165) is 24.9 Å². The number of amides is 2. The van der Waals surface area contributed by atoms with Crippen LogP contribution in [0.2, 0.25) is 0 Å². The highest BCUT2D eigenvalue weighted by molar-refractivity contribution is 6.01. The van der Waals surface area contributed by atoms with Gasteiger partial charge in [0.25, 0.3) is 5.91 Å². The molecule has 1 N–H and O–H groups in total. The van der Waals surface area contributed by atoms with Crippen LogP contribution < -0.4 is 5.32 Å². The second-order valence-corrected chi connectivity index (χ2v) is 6.75. The summed E-state index contributed by atoms with van der Waals surface area (Å²) in [4.78, 5) is 27.3. The van der Waals surface area contributed by atoms with Crippen molar-refractivity contribution in [2.24, 2.45) is 0 Å². The molecule has 1 heterocycles. The summed E-state index contributed by atoms with van der Waals surface area (Å²) in [5.74, 6) is -0.170. The number of benzene rings is 2. The van der Waals surface area contributed by atoms with Gasteiger partial charge in [-0.3, -0.25) is 9.59 Å². The van der Waals surface area contributed by atoms with Gasteiger partial charge in [0, 0.05) is 17.8 Å². The van der Waals surface area contributed by atoms with Crippen LogP contribution >= 0.6 is 0 Å². The van der Waals surface area contributed by atoms with E-state index in [1.54, 1.807) is 4.90 Å². The van der Waals surface area contributed by atoms with Crippen LogP contribution in [-0.2, 0) is 17.6 Å². The molecule has 1 aliphatic rings. The van der Waals surface area contributed by atoms with Gasteiger partial charge in [0.15, 0.2) is 0 Å². The average Bonchev–Trinajstić information content (AvgIpc) is 3.18. The van der Waals surface area contributed by atoms with Crippen molar-refractivity contribution in [3.63, 3.8) is 0 Å². The third-order valence-corrected chi connectivity index (χ3v) is 5.06. The maximum atomic E-state index is 12.8. The van der Waals surface area contributed by atoms with E-state index in [2.05, 4.69) is 19.2 Å². The van der Waals surface area contributed by atoms with Crippen molar-refractivity contribution in [2.75, 3.05) is 11.9 Å². The monoisotopic (exact) mass is 350 g/mol. The Morgan fingerprint density at radius 3 is 2.12 bits per heavy atom. The normalized spacial score (nSPS) is 16.5. The second-order valence-electron chi connectivity index (χ2n) is 6.75. The average molecular weight is 350 g/mol. The zero-order valence-corrected chi connectivity index (χ0v) is 15.5. The molecule has 1 fully saturated rings. The lowest BCUT2D eigenvalue weighted by molar-refractivity contribution is -0.119. The van der Waals surface area contributed by atoms with Gasteiger partial charge < -0.3 is 10.2 Å². The molecule has 4 heteroatoms. The predicted octanol–water partition coefficient (Wildman–Crippen LogP) is 4.05. The Bertz CT molecular complexity index is 766. The molecule has 1 atom stereocenters. The van der Waals surface area contributed by atoms with E-state index in [4.69, 9.17) is 0 Å². The molecule has 1 aliphatic heterocycles. The topological polar surface area (TPSA) is 49.4 Å². The summed E-state index contributed by atoms with van der Waals surface area (Å²) in [7, 11) is 0. The Morgan fingerprint density at radius 2 is 1.54 bits per heavy atom. The van der Waals surface area contributed by atoms with Gasteiger partial charge in [-0.05, 0) is 61.1 Å². The molecular formula is C22H26N2O2. The zero-order valence-electron chi connectivity index (χ0n) is 15.5. The molecule has 2 aromatic rings. The predicted molar refractivity (Wildman–Crippen MR) is 104 cm³/mol. The van der Waals surface area contributed by atoms with Crippen molar-refractivity contribution in [3.8, 4) is 0 Å². The molecule has 3 rings (SSSR count). The summed E-state index contributed by atoms with van der Waals surface area (Å²) in [6.07, 6.45) is 3.47. The fraction of sp³-hybridized carbons (Fsp3) is 0.364. The lowest BCUT2D eigenvalue weighted by Gasteiger charge is -2.24. The lowest BCUT2D eigenvalue weighted by atomic mass is 10.1. The van der Waals surface area contributed by atoms with E-state index in [1.165, 1.54) is 11.1 Å². The number of carbonyl (C=O) groups excluding carboxylic acids is 2. The first-order valence-electron chi connectivity index (χ1n) is 9.42. The molecular weight excluding hydrogens is 324 g/mol. The molecule has 2 aromatic carbocycles. The van der Waals surface area contributed by atoms with Crippen molar-refractivity contribution in [3.05, 3.63) is 65.2 Å². The van der Waals surface area contributed by atoms with Gasteiger partial charge in [0.1, 0.15) is 6.04 Å². The highest BCUT2D eigenvalue weighted by Crippen LogP contribution is 2.22. The minimum atomic E-state index is -0.404. The van der Waals surface area contributed by atoms with Gasteiger partial charge in [0.05, 0.1) is 0 Å². The number of nitrogens with one attached hydrogen (secondary N) is 1. The van der Waals surface area contributed by atoms with Crippen LogP contribution in [0.5, 0.6) is 0 Å². The summed E-state index contributed by atoms with van der Waals surface area (Å²) in [5, 5.41) is 2.96. The molecule has 0 aliphatic carbocycles. The molecule has 26 heavy (non-hydrogen) atoms. The molecule has 0 saturated carbocycles. The van der Waals surface area contributed by atoms with Crippen LogP contribution in [0.15, 0.2) is 48.5 Å². The molecule has 4 nitrogen and oxygen atoms in total. The van der Waals surface area contributed by atoms with Crippen molar-refractivity contribution in [1.29, 1.82) is 0 Å². The summed E-state index contributed by atoms with van der Waals surface area (Å²) in [6.45, 7) is 4.81. The molecule has 136 valence electrons. The molecule has 0 aromatic heterocycles. The highest BCUT2D eigenvalue weighted by atomic mass is 16.2. The number of carbonyl (C=O) groups is 2. The Morgan fingerprint density at radius 1 is 0.962 bits per heavy atom.